The van der Waals surface area contributed by atoms with Crippen molar-refractivity contribution in [1.82, 2.24) is 28.7 Å². The summed E-state index contributed by atoms with van der Waals surface area (Å²) in [5.74, 6) is 2.15. The summed E-state index contributed by atoms with van der Waals surface area (Å²) in [6.07, 6.45) is 0. The summed E-state index contributed by atoms with van der Waals surface area (Å²) < 4.78 is 5.57. The molecule has 0 N–H and O–H groups in total. The number of fused-ring (bicyclic) bond motifs is 4. The van der Waals surface area contributed by atoms with Gasteiger partial charge in [0.15, 0.2) is 5.16 Å². The van der Waals surface area contributed by atoms with Gasteiger partial charge in [-0.05, 0) is 24.3 Å². The van der Waals surface area contributed by atoms with E-state index in [0.29, 0.717) is 16.9 Å². The van der Waals surface area contributed by atoms with Crippen molar-refractivity contribution in [3.05, 3.63) is 64.7 Å². The molecule has 27 heavy (non-hydrogen) atoms. The minimum atomic E-state index is -0.0719. The summed E-state index contributed by atoms with van der Waals surface area (Å²) >= 11 is 1.56. The highest BCUT2D eigenvalue weighted by Gasteiger charge is 2.16. The summed E-state index contributed by atoms with van der Waals surface area (Å²) in [7, 11) is 3.74. The predicted molar refractivity (Wildman–Crippen MR) is 106 cm³/mol. The molecule has 2 aromatic carbocycles. The molecule has 0 aliphatic carbocycles. The lowest BCUT2D eigenvalue weighted by Crippen LogP contribution is -2.20. The molecule has 5 rings (SSSR count). The minimum Gasteiger partial charge on any atom is -0.330 e. The number of benzene rings is 2. The van der Waals surface area contributed by atoms with Gasteiger partial charge in [-0.15, -0.1) is 10.2 Å². The Bertz CT molecular complexity index is 1380. The normalized spacial score (nSPS) is 11.8. The molecule has 3 aromatic heterocycles. The van der Waals surface area contributed by atoms with Gasteiger partial charge in [-0.25, -0.2) is 4.98 Å². The third-order valence-electron chi connectivity index (χ3n) is 4.81. The topological polar surface area (TPSA) is 70.0 Å². The fourth-order valence-electron chi connectivity index (χ4n) is 3.36. The zero-order valence-electron chi connectivity index (χ0n) is 14.8. The maximum absolute atomic E-state index is 12.5. The maximum Gasteiger partial charge on any atom is 0.262 e. The van der Waals surface area contributed by atoms with E-state index in [4.69, 9.17) is 4.98 Å². The third-order valence-corrected chi connectivity index (χ3v) is 5.73. The van der Waals surface area contributed by atoms with E-state index in [1.54, 1.807) is 18.8 Å². The molecule has 0 aliphatic rings. The Labute approximate surface area is 158 Å². The summed E-state index contributed by atoms with van der Waals surface area (Å²) in [4.78, 5) is 17.3. The Kier molecular flexibility index (Phi) is 3.54. The van der Waals surface area contributed by atoms with Crippen LogP contribution in [0.15, 0.2) is 58.5 Å². The molecule has 5 aromatic rings. The van der Waals surface area contributed by atoms with E-state index in [0.717, 1.165) is 27.5 Å². The number of imidazole rings is 1. The molecule has 0 fully saturated rings. The average molecular weight is 376 g/mol. The van der Waals surface area contributed by atoms with Gasteiger partial charge in [-0.2, -0.15) is 0 Å². The van der Waals surface area contributed by atoms with E-state index in [9.17, 15) is 4.79 Å². The van der Waals surface area contributed by atoms with Gasteiger partial charge in [0.2, 0.25) is 5.78 Å². The number of rotatable bonds is 3. The maximum atomic E-state index is 12.5. The molecule has 0 amide bonds. The van der Waals surface area contributed by atoms with Crippen molar-refractivity contribution in [1.29, 1.82) is 0 Å². The fourth-order valence-corrected chi connectivity index (χ4v) is 4.28. The largest absolute Gasteiger partial charge is 0.330 e. The van der Waals surface area contributed by atoms with Gasteiger partial charge >= 0.3 is 0 Å². The smallest absolute Gasteiger partial charge is 0.262 e. The number of hydrogen-bond acceptors (Lipinski definition) is 5. The van der Waals surface area contributed by atoms with Crippen molar-refractivity contribution in [2.24, 2.45) is 14.1 Å². The lowest BCUT2D eigenvalue weighted by atomic mass is 10.2. The number of para-hydroxylation sites is 3. The van der Waals surface area contributed by atoms with E-state index in [1.165, 1.54) is 4.57 Å². The van der Waals surface area contributed by atoms with Crippen LogP contribution in [0.3, 0.4) is 0 Å². The van der Waals surface area contributed by atoms with Gasteiger partial charge in [-0.3, -0.25) is 13.8 Å². The lowest BCUT2D eigenvalue weighted by molar-refractivity contribution is 0.851. The molecule has 0 saturated carbocycles. The SMILES string of the molecule is Cn1c(CSc2nnc3n(C)c(=O)c4ccccc4n23)nc2ccccc21. The lowest BCUT2D eigenvalue weighted by Gasteiger charge is -2.07. The number of nitrogens with zero attached hydrogens (tertiary/aromatic N) is 6. The number of hydrogen-bond donors (Lipinski definition) is 0. The van der Waals surface area contributed by atoms with Crippen LogP contribution in [0.2, 0.25) is 0 Å². The van der Waals surface area contributed by atoms with Crippen molar-refractivity contribution in [2.75, 3.05) is 0 Å². The van der Waals surface area contributed by atoms with Crippen molar-refractivity contribution >= 4 is 39.5 Å². The van der Waals surface area contributed by atoms with E-state index >= 15 is 0 Å². The first kappa shape index (κ1) is 16.1. The van der Waals surface area contributed by atoms with Gasteiger partial charge in [0.1, 0.15) is 5.82 Å². The van der Waals surface area contributed by atoms with Crippen LogP contribution in [0.25, 0.3) is 27.7 Å². The van der Waals surface area contributed by atoms with Gasteiger partial charge in [-0.1, -0.05) is 36.0 Å². The molecular formula is C19H16N6OS. The van der Waals surface area contributed by atoms with E-state index in [2.05, 4.69) is 20.8 Å². The molecule has 8 heteroatoms. The molecule has 0 aliphatic heterocycles. The summed E-state index contributed by atoms with van der Waals surface area (Å²) in [6.45, 7) is 0. The number of aromatic nitrogens is 6. The Morgan fingerprint density at radius 1 is 0.926 bits per heavy atom. The second-order valence-corrected chi connectivity index (χ2v) is 7.31. The highest BCUT2D eigenvalue weighted by Crippen LogP contribution is 2.25. The van der Waals surface area contributed by atoms with Gasteiger partial charge in [0.25, 0.3) is 5.56 Å². The zero-order chi connectivity index (χ0) is 18.5. The first-order chi connectivity index (χ1) is 13.1. The van der Waals surface area contributed by atoms with Crippen molar-refractivity contribution in [2.45, 2.75) is 10.9 Å². The van der Waals surface area contributed by atoms with E-state index < -0.39 is 0 Å². The van der Waals surface area contributed by atoms with Gasteiger partial charge in [0.05, 0.1) is 27.7 Å². The summed E-state index contributed by atoms with van der Waals surface area (Å²) in [6, 6.07) is 15.6. The minimum absolute atomic E-state index is 0.0719. The van der Waals surface area contributed by atoms with Gasteiger partial charge in [0, 0.05) is 14.1 Å². The molecule has 0 saturated heterocycles. The monoisotopic (exact) mass is 376 g/mol. The Hall–Kier alpha value is -3.13. The first-order valence-corrected chi connectivity index (χ1v) is 9.49. The average Bonchev–Trinajstić information content (AvgIpc) is 3.26. The van der Waals surface area contributed by atoms with Crippen LogP contribution in [0.5, 0.6) is 0 Å². The Balaban J connectivity index is 1.61. The highest BCUT2D eigenvalue weighted by atomic mass is 32.2. The van der Waals surface area contributed by atoms with E-state index in [1.807, 2.05) is 53.9 Å². The third kappa shape index (κ3) is 2.37. The van der Waals surface area contributed by atoms with Gasteiger partial charge < -0.3 is 4.57 Å². The van der Waals surface area contributed by atoms with Crippen LogP contribution < -0.4 is 5.56 Å². The van der Waals surface area contributed by atoms with Crippen molar-refractivity contribution < 1.29 is 0 Å². The van der Waals surface area contributed by atoms with Crippen LogP contribution in [0.1, 0.15) is 5.82 Å². The number of thioether (sulfide) groups is 1. The van der Waals surface area contributed by atoms with E-state index in [-0.39, 0.29) is 5.56 Å². The second-order valence-electron chi connectivity index (χ2n) is 6.36. The second kappa shape index (κ2) is 5.95. The molecule has 3 heterocycles. The summed E-state index contributed by atoms with van der Waals surface area (Å²) in [5, 5.41) is 9.95. The molecule has 0 radical (unpaired) electrons. The van der Waals surface area contributed by atoms with Crippen LogP contribution >= 0.6 is 11.8 Å². The first-order valence-electron chi connectivity index (χ1n) is 8.51. The molecule has 0 spiro atoms. The Morgan fingerprint density at radius 2 is 1.67 bits per heavy atom. The highest BCUT2D eigenvalue weighted by molar-refractivity contribution is 7.98. The molecule has 7 nitrogen and oxygen atoms in total. The Morgan fingerprint density at radius 3 is 2.48 bits per heavy atom. The predicted octanol–water partition coefficient (Wildman–Crippen LogP) is 2.76. The molecular weight excluding hydrogens is 360 g/mol. The van der Waals surface area contributed by atoms with Crippen LogP contribution in [0.4, 0.5) is 0 Å². The zero-order valence-corrected chi connectivity index (χ0v) is 15.6. The molecule has 0 unspecified atom stereocenters. The van der Waals surface area contributed by atoms with Crippen LogP contribution in [0, 0.1) is 0 Å². The van der Waals surface area contributed by atoms with Crippen LogP contribution in [-0.4, -0.2) is 28.7 Å². The molecule has 134 valence electrons. The standard InChI is InChI=1S/C19H16N6OS/c1-23-15-10-6-4-8-13(15)20-16(23)11-27-19-22-21-18-24(2)17(26)12-7-3-5-9-14(12)25(18)19/h3-10H,11H2,1-2H3. The fraction of sp³-hybridized carbons (Fsp3) is 0.158. The summed E-state index contributed by atoms with van der Waals surface area (Å²) in [5.41, 5.74) is 2.83. The molecule has 0 atom stereocenters. The van der Waals surface area contributed by atoms with Crippen molar-refractivity contribution in [3.8, 4) is 0 Å². The molecule has 0 bridgehead atoms. The quantitative estimate of drug-likeness (QED) is 0.453. The van der Waals surface area contributed by atoms with Crippen molar-refractivity contribution in [3.63, 3.8) is 0 Å². The van der Waals surface area contributed by atoms with Crippen LogP contribution in [-0.2, 0) is 19.8 Å². The number of aryl methyl sites for hydroxylation is 2.